The number of carbonyl (C=O) groups excluding carboxylic acids is 10. The van der Waals surface area contributed by atoms with Crippen LogP contribution >= 0.6 is 0 Å². The number of aliphatic hydroxyl groups is 4. The molecular weight excluding hydrogens is 973 g/mol. The summed E-state index contributed by atoms with van der Waals surface area (Å²) in [5, 5.41) is 74.3. The summed E-state index contributed by atoms with van der Waals surface area (Å²) in [6.07, 6.45) is -5.55. The topological polar surface area (TPSA) is 474 Å². The van der Waals surface area contributed by atoms with Crippen molar-refractivity contribution < 1.29 is 68.4 Å². The Morgan fingerprint density at radius 3 is 1.74 bits per heavy atom. The van der Waals surface area contributed by atoms with Crippen molar-refractivity contribution in [1.29, 1.82) is 5.41 Å². The second-order valence-corrected chi connectivity index (χ2v) is 18.8. The second-order valence-electron chi connectivity index (χ2n) is 18.8. The number of nitrogens with two attached hydrogens (primary N) is 3. The molecule has 0 saturated carbocycles. The predicted octanol–water partition coefficient (Wildman–Crippen LogP) is -6.71. The van der Waals surface area contributed by atoms with Gasteiger partial charge in [-0.3, -0.25) is 53.4 Å². The molecule has 0 aliphatic carbocycles. The third-order valence-electron chi connectivity index (χ3n) is 12.0. The Hall–Kier alpha value is -7.01. The molecule has 414 valence electrons. The van der Waals surface area contributed by atoms with Crippen molar-refractivity contribution in [2.45, 2.75) is 147 Å². The number of hydrogen-bond donors (Lipinski definition) is 18. The van der Waals surface area contributed by atoms with Crippen LogP contribution < -0.4 is 70.4 Å². The molecule has 1 aliphatic rings. The third-order valence-corrected chi connectivity index (χ3v) is 12.0. The van der Waals surface area contributed by atoms with E-state index in [4.69, 9.17) is 22.6 Å². The molecular formula is C46H76N14O14. The van der Waals surface area contributed by atoms with Gasteiger partial charge in [-0.2, -0.15) is 0 Å². The fourth-order valence-electron chi connectivity index (χ4n) is 7.43. The molecule has 28 heteroatoms. The lowest BCUT2D eigenvalue weighted by molar-refractivity contribution is -0.140. The summed E-state index contributed by atoms with van der Waals surface area (Å²) in [5.41, 5.74) is 17.4. The second kappa shape index (κ2) is 30.2. The standard InChI is InChI=1S/C46H76N14O14/c1-8-22(6)30-43(72)58-31(23(7)62)42(71)52-18-28(63)56-34(36(65)37(48)66)45(74)55-27(19-61)40(69)59-32(24-13-10-9-11-14-24)29(47)41(70)60-33(35(64)21(4)5)44(73)54-26(17-20(2)3)39(68)53-25(38(67)57-30)15-12-16-51-46(49)50/h9-11,13-14,20-23,25-27,29-36,61-62,64-65H,8,12,15-19,47H2,1-7H3,(H2,48,66)(H,52,71)(H,53,68)(H,54,73)(H,55,74)(H,56,63)(H,57,67)(H,58,72)(H,59,69)(H,60,70)(H4,49,50,51)/t22-,23-,25+,26-,27-,29-,30-,31-,32+,33?,34-,35+,36-/m0/s1. The number of hydrogen-bond acceptors (Lipinski definition) is 16. The summed E-state index contributed by atoms with van der Waals surface area (Å²) in [6, 6.07) is -7.90. The van der Waals surface area contributed by atoms with E-state index in [0.29, 0.717) is 0 Å². The number of carbonyl (C=O) groups is 10. The van der Waals surface area contributed by atoms with Crippen LogP contribution in [0.3, 0.4) is 0 Å². The zero-order chi connectivity index (χ0) is 56.1. The summed E-state index contributed by atoms with van der Waals surface area (Å²) < 4.78 is 0. The van der Waals surface area contributed by atoms with E-state index in [2.05, 4.69) is 47.9 Å². The highest BCUT2D eigenvalue weighted by atomic mass is 16.3. The van der Waals surface area contributed by atoms with Gasteiger partial charge in [0.05, 0.1) is 31.4 Å². The quantitative estimate of drug-likeness (QED) is 0.0441. The molecule has 0 aromatic heterocycles. The first-order valence-electron chi connectivity index (χ1n) is 24.2. The average molecular weight is 1050 g/mol. The van der Waals surface area contributed by atoms with E-state index in [1.807, 2.05) is 5.32 Å². The van der Waals surface area contributed by atoms with Gasteiger partial charge in [0.1, 0.15) is 48.3 Å². The SMILES string of the molecule is CC[C@H](C)[C@@H]1NC(=O)[C@@H](CCCNC(=N)N)NC(=O)[C@H](CC(C)C)NC(=O)C([C@H](O)C(C)C)NC(=O)[C@@H](N)[C@@H](c2ccccc2)NC(=O)[C@H](CO)NC(=O)[C@H]([C@H](O)C(N)=O)NC(=O)CNC(=O)[C@H]([C@H](C)O)NC1=O. The molecule has 1 heterocycles. The molecule has 0 radical (unpaired) electrons. The Morgan fingerprint density at radius 2 is 1.20 bits per heavy atom. The maximum Gasteiger partial charge on any atom is 0.248 e. The van der Waals surface area contributed by atoms with Gasteiger partial charge < -0.3 is 90.8 Å². The van der Waals surface area contributed by atoms with Gasteiger partial charge in [-0.1, -0.05) is 78.3 Å². The lowest BCUT2D eigenvalue weighted by atomic mass is 9.95. The van der Waals surface area contributed by atoms with Crippen LogP contribution in [-0.2, 0) is 47.9 Å². The van der Waals surface area contributed by atoms with Gasteiger partial charge in [0.25, 0.3) is 0 Å². The molecule has 28 nitrogen and oxygen atoms in total. The molecule has 1 aliphatic heterocycles. The molecule has 1 aromatic carbocycles. The molecule has 1 fully saturated rings. The van der Waals surface area contributed by atoms with Gasteiger partial charge in [-0.15, -0.1) is 0 Å². The smallest absolute Gasteiger partial charge is 0.248 e. The Balaban J connectivity index is 2.85. The lowest BCUT2D eigenvalue weighted by Gasteiger charge is -2.32. The molecule has 13 atom stereocenters. The van der Waals surface area contributed by atoms with Crippen molar-refractivity contribution >= 4 is 65.0 Å². The van der Waals surface area contributed by atoms with Crippen LogP contribution in [0.1, 0.15) is 85.8 Å². The van der Waals surface area contributed by atoms with Gasteiger partial charge in [0.15, 0.2) is 12.1 Å². The van der Waals surface area contributed by atoms with E-state index in [9.17, 15) is 68.4 Å². The van der Waals surface area contributed by atoms with Gasteiger partial charge in [-0.05, 0) is 49.5 Å². The van der Waals surface area contributed by atoms with Crippen molar-refractivity contribution in [3.63, 3.8) is 0 Å². The zero-order valence-electron chi connectivity index (χ0n) is 42.6. The summed E-state index contributed by atoms with van der Waals surface area (Å²) in [5.74, 6) is -13.7. The van der Waals surface area contributed by atoms with Crippen molar-refractivity contribution in [3.05, 3.63) is 35.9 Å². The first-order chi connectivity index (χ1) is 34.6. The van der Waals surface area contributed by atoms with Gasteiger partial charge in [-0.25, -0.2) is 0 Å². The largest absolute Gasteiger partial charge is 0.394 e. The summed E-state index contributed by atoms with van der Waals surface area (Å²) in [7, 11) is 0. The van der Waals surface area contributed by atoms with Crippen LogP contribution in [-0.4, -0.2) is 172 Å². The molecule has 1 aromatic rings. The summed E-state index contributed by atoms with van der Waals surface area (Å²) >= 11 is 0. The number of aliphatic hydroxyl groups excluding tert-OH is 4. The molecule has 10 amide bonds. The molecule has 0 spiro atoms. The highest BCUT2D eigenvalue weighted by Crippen LogP contribution is 2.19. The Bertz CT molecular complexity index is 2130. The monoisotopic (exact) mass is 1050 g/mol. The number of benzene rings is 1. The van der Waals surface area contributed by atoms with Crippen LogP contribution in [0.5, 0.6) is 0 Å². The minimum absolute atomic E-state index is 0.0506. The highest BCUT2D eigenvalue weighted by Gasteiger charge is 2.40. The van der Waals surface area contributed by atoms with E-state index in [0.717, 1.165) is 6.92 Å². The van der Waals surface area contributed by atoms with Crippen LogP contribution in [0.15, 0.2) is 30.3 Å². The van der Waals surface area contributed by atoms with Crippen molar-refractivity contribution in [1.82, 2.24) is 53.2 Å². The maximum absolute atomic E-state index is 14.3. The zero-order valence-corrected chi connectivity index (χ0v) is 42.6. The van der Waals surface area contributed by atoms with Crippen LogP contribution in [0, 0.1) is 23.2 Å². The van der Waals surface area contributed by atoms with Crippen molar-refractivity contribution in [2.75, 3.05) is 19.7 Å². The van der Waals surface area contributed by atoms with Crippen molar-refractivity contribution in [2.24, 2.45) is 35.0 Å². The molecule has 74 heavy (non-hydrogen) atoms. The summed E-state index contributed by atoms with van der Waals surface area (Å²) in [4.78, 5) is 137. The van der Waals surface area contributed by atoms with Crippen LogP contribution in [0.25, 0.3) is 0 Å². The molecule has 0 bridgehead atoms. The van der Waals surface area contributed by atoms with Crippen LogP contribution in [0.2, 0.25) is 0 Å². The van der Waals surface area contributed by atoms with E-state index in [1.165, 1.54) is 38.1 Å². The van der Waals surface area contributed by atoms with E-state index in [1.54, 1.807) is 33.8 Å². The third kappa shape index (κ3) is 19.4. The lowest BCUT2D eigenvalue weighted by Crippen LogP contribution is -2.64. The minimum Gasteiger partial charge on any atom is -0.394 e. The number of primary amides is 1. The van der Waals surface area contributed by atoms with Crippen LogP contribution in [0.4, 0.5) is 0 Å². The van der Waals surface area contributed by atoms with Gasteiger partial charge >= 0.3 is 0 Å². The average Bonchev–Trinajstić information content (AvgIpc) is 3.34. The fraction of sp³-hybridized carbons (Fsp3) is 0.630. The molecule has 21 N–H and O–H groups in total. The maximum atomic E-state index is 14.3. The number of nitrogens with one attached hydrogen (secondary N) is 11. The number of rotatable bonds is 15. The van der Waals surface area contributed by atoms with Gasteiger partial charge in [0.2, 0.25) is 59.1 Å². The Labute approximate surface area is 428 Å². The number of amides is 10. The molecule has 1 unspecified atom stereocenters. The fourth-order valence-corrected chi connectivity index (χ4v) is 7.43. The molecule has 2 rings (SSSR count). The van der Waals surface area contributed by atoms with E-state index < -0.39 is 157 Å². The number of guanidine groups is 1. The van der Waals surface area contributed by atoms with Crippen molar-refractivity contribution in [3.8, 4) is 0 Å². The minimum atomic E-state index is -2.47. The Morgan fingerprint density at radius 1 is 0.676 bits per heavy atom. The first kappa shape index (κ1) is 63.1. The van der Waals surface area contributed by atoms with Gasteiger partial charge in [0, 0.05) is 6.54 Å². The first-order valence-corrected chi connectivity index (χ1v) is 24.2. The van der Waals surface area contributed by atoms with E-state index in [-0.39, 0.29) is 49.7 Å². The Kier molecular flexibility index (Phi) is 25.8. The highest BCUT2D eigenvalue weighted by molar-refractivity contribution is 5.99. The molecule has 1 saturated heterocycles. The van der Waals surface area contributed by atoms with E-state index >= 15 is 0 Å². The predicted molar refractivity (Wildman–Crippen MR) is 265 cm³/mol. The summed E-state index contributed by atoms with van der Waals surface area (Å²) in [6.45, 7) is 8.82. The normalized spacial score (nSPS) is 26.6.